The lowest BCUT2D eigenvalue weighted by molar-refractivity contribution is -0.118. The van der Waals surface area contributed by atoms with Crippen LogP contribution in [0.1, 0.15) is 12.0 Å². The van der Waals surface area contributed by atoms with E-state index in [0.29, 0.717) is 6.54 Å². The van der Waals surface area contributed by atoms with Gasteiger partial charge in [-0.1, -0.05) is 29.0 Å². The third-order valence-corrected chi connectivity index (χ3v) is 7.43. The van der Waals surface area contributed by atoms with E-state index >= 15 is 0 Å². The molecule has 0 aliphatic heterocycles. The summed E-state index contributed by atoms with van der Waals surface area (Å²) in [6, 6.07) is 8.34. The summed E-state index contributed by atoms with van der Waals surface area (Å²) in [5, 5.41) is 0.207. The maximum atomic E-state index is 14.1. The van der Waals surface area contributed by atoms with Crippen molar-refractivity contribution in [3.05, 3.63) is 53.6 Å². The van der Waals surface area contributed by atoms with E-state index in [-0.39, 0.29) is 39.0 Å². The number of amides is 1. The van der Waals surface area contributed by atoms with E-state index in [4.69, 9.17) is 0 Å². The van der Waals surface area contributed by atoms with Gasteiger partial charge in [0.15, 0.2) is 20.8 Å². The Hall–Kier alpha value is -2.43. The third-order valence-electron chi connectivity index (χ3n) is 4.67. The van der Waals surface area contributed by atoms with Crippen molar-refractivity contribution >= 4 is 42.4 Å². The Balaban J connectivity index is 1.84. The van der Waals surface area contributed by atoms with E-state index in [2.05, 4.69) is 4.98 Å². The fourth-order valence-electron chi connectivity index (χ4n) is 2.91. The van der Waals surface area contributed by atoms with Crippen LogP contribution in [0.2, 0.25) is 0 Å². The topological polar surface area (TPSA) is 70.6 Å². The third kappa shape index (κ3) is 5.63. The number of aryl methyl sites for hydroxylation is 1. The number of halogens is 2. The molecule has 0 unspecified atom stereocenters. The van der Waals surface area contributed by atoms with E-state index in [1.807, 2.05) is 25.9 Å². The van der Waals surface area contributed by atoms with Gasteiger partial charge in [0.2, 0.25) is 5.91 Å². The van der Waals surface area contributed by atoms with E-state index in [1.54, 1.807) is 12.1 Å². The van der Waals surface area contributed by atoms with Gasteiger partial charge in [0.1, 0.15) is 11.3 Å². The summed E-state index contributed by atoms with van der Waals surface area (Å²) in [6.45, 7) is 2.58. The van der Waals surface area contributed by atoms with Crippen LogP contribution in [0.15, 0.2) is 41.3 Å². The molecule has 0 saturated carbocycles. The fourth-order valence-corrected chi connectivity index (χ4v) is 5.19. The predicted octanol–water partition coefficient (Wildman–Crippen LogP) is 3.64. The number of hydrogen-bond acceptors (Lipinski definition) is 6. The first-order valence-corrected chi connectivity index (χ1v) is 12.0. The lowest BCUT2D eigenvalue weighted by atomic mass is 10.2. The largest absolute Gasteiger partial charge is 0.308 e. The van der Waals surface area contributed by atoms with Crippen LogP contribution in [-0.4, -0.2) is 57.1 Å². The number of likely N-dealkylation sites (N-methyl/N-ethyl adjacent to an activating group) is 1. The monoisotopic (exact) mass is 467 g/mol. The SMILES string of the molecule is Cc1ccc(S(=O)(=O)CCC(=O)N(CCN(C)C)c2nc3c(F)cc(F)cc3s2)cc1. The van der Waals surface area contributed by atoms with Crippen molar-refractivity contribution in [2.45, 2.75) is 18.2 Å². The highest BCUT2D eigenvalue weighted by Crippen LogP contribution is 2.31. The van der Waals surface area contributed by atoms with Gasteiger partial charge in [0.05, 0.1) is 15.3 Å². The zero-order chi connectivity index (χ0) is 22.8. The van der Waals surface area contributed by atoms with Gasteiger partial charge in [0.25, 0.3) is 0 Å². The van der Waals surface area contributed by atoms with Crippen molar-refractivity contribution in [3.8, 4) is 0 Å². The summed E-state index contributed by atoms with van der Waals surface area (Å²) in [5.74, 6) is -2.34. The highest BCUT2D eigenvalue weighted by Gasteiger charge is 2.24. The van der Waals surface area contributed by atoms with Crippen LogP contribution in [0.4, 0.5) is 13.9 Å². The van der Waals surface area contributed by atoms with E-state index in [0.717, 1.165) is 29.0 Å². The van der Waals surface area contributed by atoms with Crippen molar-refractivity contribution < 1.29 is 22.0 Å². The number of benzene rings is 2. The van der Waals surface area contributed by atoms with Crippen LogP contribution in [0, 0.1) is 18.6 Å². The van der Waals surface area contributed by atoms with Gasteiger partial charge in [-0.2, -0.15) is 0 Å². The lowest BCUT2D eigenvalue weighted by Gasteiger charge is -2.22. The number of nitrogens with zero attached hydrogens (tertiary/aromatic N) is 3. The van der Waals surface area contributed by atoms with Crippen LogP contribution in [0.3, 0.4) is 0 Å². The molecule has 0 spiro atoms. The number of sulfone groups is 1. The van der Waals surface area contributed by atoms with Crippen molar-refractivity contribution in [1.29, 1.82) is 0 Å². The number of fused-ring (bicyclic) bond motifs is 1. The van der Waals surface area contributed by atoms with Gasteiger partial charge in [-0.05, 0) is 39.2 Å². The molecule has 0 saturated heterocycles. The minimum Gasteiger partial charge on any atom is -0.308 e. The number of carbonyl (C=O) groups is 1. The van der Waals surface area contributed by atoms with Crippen LogP contribution in [-0.2, 0) is 14.6 Å². The molecule has 31 heavy (non-hydrogen) atoms. The van der Waals surface area contributed by atoms with Crippen LogP contribution in [0.25, 0.3) is 10.2 Å². The van der Waals surface area contributed by atoms with Gasteiger partial charge >= 0.3 is 0 Å². The smallest absolute Gasteiger partial charge is 0.229 e. The molecular formula is C21H23F2N3O3S2. The first-order valence-electron chi connectivity index (χ1n) is 9.57. The zero-order valence-electron chi connectivity index (χ0n) is 17.4. The Bertz CT molecular complexity index is 1190. The first-order chi connectivity index (χ1) is 14.6. The quantitative estimate of drug-likeness (QED) is 0.506. The molecule has 0 atom stereocenters. The van der Waals surface area contributed by atoms with E-state index in [9.17, 15) is 22.0 Å². The average molecular weight is 468 g/mol. The summed E-state index contributed by atoms with van der Waals surface area (Å²) in [5.41, 5.74) is 0.917. The standard InChI is InChI=1S/C21H23F2N3O3S2/c1-14-4-6-16(7-5-14)31(28,29)11-8-19(27)26(10-9-25(2)3)21-24-20-17(23)12-15(22)13-18(20)30-21/h4-7,12-13H,8-11H2,1-3H3. The fraction of sp³-hybridized carbons (Fsp3) is 0.333. The highest BCUT2D eigenvalue weighted by molar-refractivity contribution is 7.91. The molecule has 0 aliphatic rings. The second kappa shape index (κ2) is 9.37. The minimum atomic E-state index is -3.64. The Kier molecular flexibility index (Phi) is 7.03. The van der Waals surface area contributed by atoms with E-state index in [1.165, 1.54) is 17.0 Å². The Labute approximate surface area is 184 Å². The molecule has 2 aromatic carbocycles. The van der Waals surface area contributed by atoms with E-state index < -0.39 is 27.4 Å². The van der Waals surface area contributed by atoms with Crippen molar-refractivity contribution in [2.24, 2.45) is 0 Å². The number of thiazole rings is 1. The van der Waals surface area contributed by atoms with Crippen molar-refractivity contribution in [1.82, 2.24) is 9.88 Å². The summed E-state index contributed by atoms with van der Waals surface area (Å²) in [7, 11) is 0.0219. The van der Waals surface area contributed by atoms with Gasteiger partial charge in [-0.15, -0.1) is 0 Å². The normalized spacial score (nSPS) is 11.9. The predicted molar refractivity (Wildman–Crippen MR) is 118 cm³/mol. The highest BCUT2D eigenvalue weighted by atomic mass is 32.2. The Morgan fingerprint density at radius 1 is 1.10 bits per heavy atom. The van der Waals surface area contributed by atoms with Gasteiger partial charge in [0, 0.05) is 25.6 Å². The molecule has 166 valence electrons. The summed E-state index contributed by atoms with van der Waals surface area (Å²) in [4.78, 5) is 20.5. The summed E-state index contributed by atoms with van der Waals surface area (Å²) < 4.78 is 53.1. The maximum absolute atomic E-state index is 14.1. The minimum absolute atomic E-state index is 0.0173. The number of anilines is 1. The van der Waals surface area contributed by atoms with Crippen LogP contribution < -0.4 is 4.90 Å². The molecule has 1 aromatic heterocycles. The molecule has 10 heteroatoms. The molecule has 3 aromatic rings. The zero-order valence-corrected chi connectivity index (χ0v) is 19.1. The van der Waals surface area contributed by atoms with Gasteiger partial charge < -0.3 is 4.90 Å². The molecule has 6 nitrogen and oxygen atoms in total. The lowest BCUT2D eigenvalue weighted by Crippen LogP contribution is -2.37. The number of rotatable bonds is 8. The summed E-state index contributed by atoms with van der Waals surface area (Å²) in [6.07, 6.45) is -0.254. The number of aromatic nitrogens is 1. The molecule has 0 aliphatic carbocycles. The molecule has 1 heterocycles. The van der Waals surface area contributed by atoms with Crippen LogP contribution >= 0.6 is 11.3 Å². The number of hydrogen-bond donors (Lipinski definition) is 0. The Morgan fingerprint density at radius 2 is 1.77 bits per heavy atom. The molecular weight excluding hydrogens is 444 g/mol. The molecule has 0 N–H and O–H groups in total. The van der Waals surface area contributed by atoms with Gasteiger partial charge in [-0.3, -0.25) is 9.69 Å². The Morgan fingerprint density at radius 3 is 2.42 bits per heavy atom. The van der Waals surface area contributed by atoms with Crippen molar-refractivity contribution in [2.75, 3.05) is 37.8 Å². The first kappa shape index (κ1) is 23.2. The second-order valence-corrected chi connectivity index (χ2v) is 10.6. The molecule has 3 rings (SSSR count). The molecule has 0 radical (unpaired) electrons. The maximum Gasteiger partial charge on any atom is 0.229 e. The second-order valence-electron chi connectivity index (χ2n) is 7.46. The molecule has 1 amide bonds. The van der Waals surface area contributed by atoms with Crippen LogP contribution in [0.5, 0.6) is 0 Å². The average Bonchev–Trinajstić information content (AvgIpc) is 3.10. The summed E-state index contributed by atoms with van der Waals surface area (Å²) >= 11 is 0.991. The molecule has 0 fully saturated rings. The number of carbonyl (C=O) groups excluding carboxylic acids is 1. The van der Waals surface area contributed by atoms with Crippen molar-refractivity contribution in [3.63, 3.8) is 0 Å². The molecule has 0 bridgehead atoms. The van der Waals surface area contributed by atoms with Gasteiger partial charge in [-0.25, -0.2) is 22.2 Å².